The van der Waals surface area contributed by atoms with Crippen molar-refractivity contribution in [3.63, 3.8) is 0 Å². The van der Waals surface area contributed by atoms with E-state index in [-0.39, 0.29) is 5.82 Å². The van der Waals surface area contributed by atoms with Crippen LogP contribution in [0.2, 0.25) is 0 Å². The topological polar surface area (TPSA) is 56.0 Å². The molecule has 5 nitrogen and oxygen atoms in total. The number of benzene rings is 1. The number of halogens is 1. The predicted molar refractivity (Wildman–Crippen MR) is 76.2 cm³/mol. The molecule has 3 aromatic heterocycles. The molecule has 0 radical (unpaired) electrons. The number of hydrogen-bond donors (Lipinski definition) is 0. The molecule has 6 heteroatoms. The van der Waals surface area contributed by atoms with Crippen molar-refractivity contribution >= 4 is 16.6 Å². The van der Waals surface area contributed by atoms with Crippen molar-refractivity contribution in [3.05, 3.63) is 54.4 Å². The van der Waals surface area contributed by atoms with Gasteiger partial charge in [-0.1, -0.05) is 12.1 Å². The highest BCUT2D eigenvalue weighted by molar-refractivity contribution is 5.91. The van der Waals surface area contributed by atoms with Crippen molar-refractivity contribution in [1.82, 2.24) is 24.6 Å². The van der Waals surface area contributed by atoms with Crippen LogP contribution in [0.4, 0.5) is 4.39 Å². The summed E-state index contributed by atoms with van der Waals surface area (Å²) in [7, 11) is 0. The van der Waals surface area contributed by atoms with Crippen molar-refractivity contribution < 1.29 is 4.39 Å². The molecule has 21 heavy (non-hydrogen) atoms. The van der Waals surface area contributed by atoms with Gasteiger partial charge in [-0.25, -0.2) is 18.9 Å². The molecule has 0 fully saturated rings. The van der Waals surface area contributed by atoms with Crippen LogP contribution in [-0.4, -0.2) is 24.6 Å². The molecule has 0 spiro atoms. The third kappa shape index (κ3) is 1.84. The molecular formula is C15H10FN5. The molecule has 0 atom stereocenters. The predicted octanol–water partition coefficient (Wildman–Crippen LogP) is 2.79. The molecule has 0 N–H and O–H groups in total. The smallest absolute Gasteiger partial charge is 0.183 e. The summed E-state index contributed by atoms with van der Waals surface area (Å²) in [6.07, 6.45) is 3.18. The fraction of sp³-hybridized carbons (Fsp3) is 0.0667. The van der Waals surface area contributed by atoms with E-state index in [1.807, 2.05) is 24.3 Å². The van der Waals surface area contributed by atoms with Gasteiger partial charge < -0.3 is 0 Å². The van der Waals surface area contributed by atoms with Crippen molar-refractivity contribution in [2.75, 3.05) is 0 Å². The summed E-state index contributed by atoms with van der Waals surface area (Å²) in [5.41, 5.74) is 2.44. The zero-order chi connectivity index (χ0) is 14.4. The lowest BCUT2D eigenvalue weighted by Crippen LogP contribution is -1.92. The lowest BCUT2D eigenvalue weighted by molar-refractivity contribution is 0.610. The standard InChI is InChI=1S/C15H10FN5/c1-9-12(16)6-10(7-17-9)14-19-15-11-4-2-3-5-13(11)18-8-21(15)20-14/h2-8H,1H3. The molecule has 0 unspecified atom stereocenters. The van der Waals surface area contributed by atoms with Crippen LogP contribution in [-0.2, 0) is 0 Å². The molecule has 0 saturated carbocycles. The van der Waals surface area contributed by atoms with E-state index in [4.69, 9.17) is 0 Å². The first-order valence-electron chi connectivity index (χ1n) is 6.45. The summed E-state index contributed by atoms with van der Waals surface area (Å²) in [5, 5.41) is 5.24. The maximum atomic E-state index is 13.6. The molecule has 0 amide bonds. The van der Waals surface area contributed by atoms with E-state index in [9.17, 15) is 4.39 Å². The van der Waals surface area contributed by atoms with E-state index < -0.39 is 0 Å². The van der Waals surface area contributed by atoms with E-state index in [1.54, 1.807) is 24.0 Å². The van der Waals surface area contributed by atoms with Gasteiger partial charge in [-0.15, -0.1) is 5.10 Å². The third-order valence-corrected chi connectivity index (χ3v) is 3.37. The first-order valence-corrected chi connectivity index (χ1v) is 6.45. The summed E-state index contributed by atoms with van der Waals surface area (Å²) in [4.78, 5) is 12.8. The minimum atomic E-state index is -0.366. The number of nitrogens with zero attached hydrogens (tertiary/aromatic N) is 5. The molecule has 0 aliphatic heterocycles. The highest BCUT2D eigenvalue weighted by Crippen LogP contribution is 2.21. The molecule has 0 saturated heterocycles. The number of pyridine rings is 1. The number of aromatic nitrogens is 5. The van der Waals surface area contributed by atoms with E-state index in [2.05, 4.69) is 20.1 Å². The first-order chi connectivity index (χ1) is 10.2. The SMILES string of the molecule is Cc1ncc(-c2nc3c4ccccc4ncn3n2)cc1F. The number of para-hydroxylation sites is 1. The Kier molecular flexibility index (Phi) is 2.44. The quantitative estimate of drug-likeness (QED) is 0.537. The minimum absolute atomic E-state index is 0.356. The summed E-state index contributed by atoms with van der Waals surface area (Å²) in [6.45, 7) is 1.62. The Morgan fingerprint density at radius 2 is 2.00 bits per heavy atom. The van der Waals surface area contributed by atoms with Crippen molar-refractivity contribution in [2.24, 2.45) is 0 Å². The van der Waals surface area contributed by atoms with Gasteiger partial charge in [0.1, 0.15) is 12.1 Å². The van der Waals surface area contributed by atoms with Crippen LogP contribution >= 0.6 is 0 Å². The van der Waals surface area contributed by atoms with E-state index in [0.717, 1.165) is 10.9 Å². The molecule has 1 aromatic carbocycles. The summed E-state index contributed by atoms with van der Waals surface area (Å²) < 4.78 is 15.2. The zero-order valence-electron chi connectivity index (χ0n) is 11.2. The van der Waals surface area contributed by atoms with Gasteiger partial charge in [0.15, 0.2) is 11.5 Å². The largest absolute Gasteiger partial charge is 0.258 e. The third-order valence-electron chi connectivity index (χ3n) is 3.37. The number of aryl methyl sites for hydroxylation is 1. The Labute approximate surface area is 119 Å². The number of rotatable bonds is 1. The fourth-order valence-electron chi connectivity index (χ4n) is 2.23. The molecule has 0 aliphatic rings. The van der Waals surface area contributed by atoms with Gasteiger partial charge in [-0.3, -0.25) is 4.98 Å². The second-order valence-electron chi connectivity index (χ2n) is 4.76. The zero-order valence-corrected chi connectivity index (χ0v) is 11.2. The molecule has 102 valence electrons. The lowest BCUT2D eigenvalue weighted by Gasteiger charge is -1.97. The Hall–Kier alpha value is -2.89. The van der Waals surface area contributed by atoms with Crippen LogP contribution in [0, 0.1) is 12.7 Å². The molecule has 4 aromatic rings. The summed E-state index contributed by atoms with van der Waals surface area (Å²) in [5.74, 6) is 0.0638. The average molecular weight is 279 g/mol. The van der Waals surface area contributed by atoms with Crippen molar-refractivity contribution in [3.8, 4) is 11.4 Å². The Bertz CT molecular complexity index is 976. The van der Waals surface area contributed by atoms with Crippen molar-refractivity contribution in [2.45, 2.75) is 6.92 Å². The van der Waals surface area contributed by atoms with Crippen LogP contribution in [0.25, 0.3) is 27.9 Å². The van der Waals surface area contributed by atoms with Crippen LogP contribution in [0.3, 0.4) is 0 Å². The highest BCUT2D eigenvalue weighted by Gasteiger charge is 2.11. The molecule has 0 aliphatic carbocycles. The van der Waals surface area contributed by atoms with E-state index >= 15 is 0 Å². The van der Waals surface area contributed by atoms with Gasteiger partial charge in [0.05, 0.1) is 11.2 Å². The Morgan fingerprint density at radius 1 is 1.14 bits per heavy atom. The minimum Gasteiger partial charge on any atom is -0.258 e. The van der Waals surface area contributed by atoms with Crippen LogP contribution in [0.1, 0.15) is 5.69 Å². The maximum absolute atomic E-state index is 13.6. The molecule has 4 rings (SSSR count). The number of hydrogen-bond acceptors (Lipinski definition) is 4. The lowest BCUT2D eigenvalue weighted by atomic mass is 10.2. The van der Waals surface area contributed by atoms with Gasteiger partial charge in [-0.2, -0.15) is 0 Å². The van der Waals surface area contributed by atoms with Gasteiger partial charge in [0, 0.05) is 17.1 Å². The molecule has 3 heterocycles. The highest BCUT2D eigenvalue weighted by atomic mass is 19.1. The van der Waals surface area contributed by atoms with Gasteiger partial charge in [0.25, 0.3) is 0 Å². The molecular weight excluding hydrogens is 269 g/mol. The second kappa shape index (κ2) is 4.31. The first kappa shape index (κ1) is 11.9. The van der Waals surface area contributed by atoms with Crippen molar-refractivity contribution in [1.29, 1.82) is 0 Å². The number of fused-ring (bicyclic) bond motifs is 3. The van der Waals surface area contributed by atoms with Crippen LogP contribution in [0.15, 0.2) is 42.9 Å². The average Bonchev–Trinajstić information content (AvgIpc) is 2.94. The Morgan fingerprint density at radius 3 is 2.86 bits per heavy atom. The van der Waals surface area contributed by atoms with Crippen LogP contribution < -0.4 is 0 Å². The normalized spacial score (nSPS) is 11.3. The van der Waals surface area contributed by atoms with Gasteiger partial charge in [-0.05, 0) is 25.1 Å². The fourth-order valence-corrected chi connectivity index (χ4v) is 2.23. The Balaban J connectivity index is 1.98. The van der Waals surface area contributed by atoms with E-state index in [1.165, 1.54) is 6.07 Å². The monoisotopic (exact) mass is 279 g/mol. The van der Waals surface area contributed by atoms with E-state index in [0.29, 0.717) is 22.7 Å². The maximum Gasteiger partial charge on any atom is 0.183 e. The summed E-state index contributed by atoms with van der Waals surface area (Å²) in [6, 6.07) is 9.08. The van der Waals surface area contributed by atoms with Crippen LogP contribution in [0.5, 0.6) is 0 Å². The second-order valence-corrected chi connectivity index (χ2v) is 4.76. The van der Waals surface area contributed by atoms with Gasteiger partial charge in [0.2, 0.25) is 0 Å². The summed E-state index contributed by atoms with van der Waals surface area (Å²) >= 11 is 0. The van der Waals surface area contributed by atoms with Gasteiger partial charge >= 0.3 is 0 Å². The molecule has 0 bridgehead atoms.